The van der Waals surface area contributed by atoms with Crippen LogP contribution in [0.2, 0.25) is 0 Å². The largest absolute Gasteiger partial charge is 0.465 e. The molecule has 0 amide bonds. The number of hydrogen-bond acceptors (Lipinski definition) is 7. The van der Waals surface area contributed by atoms with Gasteiger partial charge in [-0.3, -0.25) is 4.79 Å². The van der Waals surface area contributed by atoms with Crippen molar-refractivity contribution >= 4 is 17.7 Å². The van der Waals surface area contributed by atoms with Gasteiger partial charge < -0.3 is 10.1 Å². The van der Waals surface area contributed by atoms with Crippen LogP contribution in [0.15, 0.2) is 5.16 Å². The molecular formula is C11H19N5O2S. The fourth-order valence-corrected chi connectivity index (χ4v) is 2.51. The van der Waals surface area contributed by atoms with Gasteiger partial charge in [0.25, 0.3) is 0 Å². The normalized spacial score (nSPS) is 16.3. The van der Waals surface area contributed by atoms with E-state index in [0.29, 0.717) is 19.1 Å². The zero-order chi connectivity index (χ0) is 13.7. The second-order valence-electron chi connectivity index (χ2n) is 4.47. The molecule has 0 aliphatic heterocycles. The number of thioether (sulfide) groups is 1. The Morgan fingerprint density at radius 2 is 2.42 bits per heavy atom. The molecule has 106 valence electrons. The van der Waals surface area contributed by atoms with Gasteiger partial charge in [0, 0.05) is 18.8 Å². The highest BCUT2D eigenvalue weighted by atomic mass is 32.2. The molecule has 1 atom stereocenters. The number of nitrogens with zero attached hydrogens (tertiary/aromatic N) is 4. The first-order chi connectivity index (χ1) is 9.20. The third-order valence-electron chi connectivity index (χ3n) is 2.80. The molecule has 1 aromatic rings. The van der Waals surface area contributed by atoms with E-state index < -0.39 is 0 Å². The molecule has 19 heavy (non-hydrogen) atoms. The van der Waals surface area contributed by atoms with Crippen molar-refractivity contribution in [3.8, 4) is 0 Å². The fraction of sp³-hybridized carbons (Fsp3) is 0.818. The van der Waals surface area contributed by atoms with Crippen LogP contribution < -0.4 is 5.32 Å². The smallest absolute Gasteiger partial charge is 0.323 e. The standard InChI is InChI=1S/C11H19N5O2S/c1-3-18-10(17)9(12-8-4-5-8)6-7-19-11-13-14-15-16(11)2/h8-9,12H,3-7H2,1-2H3. The van der Waals surface area contributed by atoms with E-state index in [1.54, 1.807) is 23.5 Å². The number of ether oxygens (including phenoxy) is 1. The van der Waals surface area contributed by atoms with Crippen molar-refractivity contribution in [2.45, 2.75) is 43.4 Å². The van der Waals surface area contributed by atoms with Crippen molar-refractivity contribution in [3.05, 3.63) is 0 Å². The Hall–Kier alpha value is -1.15. The van der Waals surface area contributed by atoms with E-state index in [1.807, 2.05) is 6.92 Å². The number of esters is 1. The Morgan fingerprint density at radius 1 is 1.63 bits per heavy atom. The minimum atomic E-state index is -0.221. The van der Waals surface area contributed by atoms with Crippen molar-refractivity contribution in [1.29, 1.82) is 0 Å². The van der Waals surface area contributed by atoms with Crippen molar-refractivity contribution in [2.24, 2.45) is 7.05 Å². The number of carbonyl (C=O) groups excluding carboxylic acids is 1. The van der Waals surface area contributed by atoms with E-state index in [4.69, 9.17) is 4.74 Å². The predicted molar refractivity (Wildman–Crippen MR) is 70.7 cm³/mol. The van der Waals surface area contributed by atoms with E-state index >= 15 is 0 Å². The van der Waals surface area contributed by atoms with E-state index in [0.717, 1.165) is 23.8 Å². The average Bonchev–Trinajstić information content (AvgIpc) is 3.11. The lowest BCUT2D eigenvalue weighted by molar-refractivity contribution is -0.145. The molecule has 0 bridgehead atoms. The van der Waals surface area contributed by atoms with E-state index in [1.165, 1.54) is 0 Å². The Kier molecular flexibility index (Phi) is 5.15. The van der Waals surface area contributed by atoms with E-state index in [-0.39, 0.29) is 12.0 Å². The summed E-state index contributed by atoms with van der Waals surface area (Å²) in [6, 6.07) is 0.261. The van der Waals surface area contributed by atoms with Crippen LogP contribution in [0.4, 0.5) is 0 Å². The monoisotopic (exact) mass is 285 g/mol. The summed E-state index contributed by atoms with van der Waals surface area (Å²) in [6.45, 7) is 2.24. The molecule has 1 heterocycles. The van der Waals surface area contributed by atoms with Crippen molar-refractivity contribution in [2.75, 3.05) is 12.4 Å². The molecule has 1 fully saturated rings. The lowest BCUT2D eigenvalue weighted by atomic mass is 10.2. The second kappa shape index (κ2) is 6.85. The van der Waals surface area contributed by atoms with Gasteiger partial charge in [0.15, 0.2) is 0 Å². The summed E-state index contributed by atoms with van der Waals surface area (Å²) in [7, 11) is 1.80. The first-order valence-electron chi connectivity index (χ1n) is 6.48. The highest BCUT2D eigenvalue weighted by molar-refractivity contribution is 7.99. The van der Waals surface area contributed by atoms with Crippen LogP contribution in [0.1, 0.15) is 26.2 Å². The Labute approximate surface area is 116 Å². The lowest BCUT2D eigenvalue weighted by Crippen LogP contribution is -2.39. The predicted octanol–water partition coefficient (Wildman–Crippen LogP) is 0.376. The minimum absolute atomic E-state index is 0.161. The maximum atomic E-state index is 11.8. The fourth-order valence-electron chi connectivity index (χ4n) is 1.66. The van der Waals surface area contributed by atoms with Gasteiger partial charge >= 0.3 is 5.97 Å². The van der Waals surface area contributed by atoms with Crippen LogP contribution in [0.25, 0.3) is 0 Å². The zero-order valence-corrected chi connectivity index (χ0v) is 12.0. The van der Waals surface area contributed by atoms with Gasteiger partial charge in [-0.1, -0.05) is 11.8 Å². The molecule has 1 unspecified atom stereocenters. The van der Waals surface area contributed by atoms with Crippen LogP contribution >= 0.6 is 11.8 Å². The van der Waals surface area contributed by atoms with Crippen LogP contribution in [0.3, 0.4) is 0 Å². The molecule has 0 spiro atoms. The molecule has 1 saturated carbocycles. The minimum Gasteiger partial charge on any atom is -0.465 e. The molecule has 1 aromatic heterocycles. The lowest BCUT2D eigenvalue weighted by Gasteiger charge is -2.16. The molecule has 2 rings (SSSR count). The van der Waals surface area contributed by atoms with E-state index in [2.05, 4.69) is 20.8 Å². The van der Waals surface area contributed by atoms with Crippen molar-refractivity contribution in [1.82, 2.24) is 25.5 Å². The van der Waals surface area contributed by atoms with Gasteiger partial charge in [-0.2, -0.15) is 0 Å². The van der Waals surface area contributed by atoms with Gasteiger partial charge in [0.05, 0.1) is 6.61 Å². The maximum Gasteiger partial charge on any atom is 0.323 e. The number of rotatable bonds is 8. The summed E-state index contributed by atoms with van der Waals surface area (Å²) < 4.78 is 6.71. The summed E-state index contributed by atoms with van der Waals surface area (Å²) in [5, 5.41) is 15.3. The molecule has 7 nitrogen and oxygen atoms in total. The van der Waals surface area contributed by atoms with Gasteiger partial charge in [-0.15, -0.1) is 5.10 Å². The summed E-state index contributed by atoms with van der Waals surface area (Å²) in [4.78, 5) is 11.8. The molecular weight excluding hydrogens is 266 g/mol. The Bertz CT molecular complexity index is 421. The maximum absolute atomic E-state index is 11.8. The molecule has 0 radical (unpaired) electrons. The third kappa shape index (κ3) is 4.46. The summed E-state index contributed by atoms with van der Waals surface area (Å²) in [5.74, 6) is 0.614. The first-order valence-corrected chi connectivity index (χ1v) is 7.47. The van der Waals surface area contributed by atoms with E-state index in [9.17, 15) is 4.79 Å². The average molecular weight is 285 g/mol. The molecule has 1 aliphatic rings. The number of tetrazole rings is 1. The topological polar surface area (TPSA) is 81.9 Å². The van der Waals surface area contributed by atoms with Gasteiger partial charge in [-0.25, -0.2) is 4.68 Å². The number of hydrogen-bond donors (Lipinski definition) is 1. The SMILES string of the molecule is CCOC(=O)C(CCSc1nnnn1C)NC1CC1. The van der Waals surface area contributed by atoms with Gasteiger partial charge in [0.2, 0.25) is 5.16 Å². The summed E-state index contributed by atoms with van der Waals surface area (Å²) in [6.07, 6.45) is 3.01. The Morgan fingerprint density at radius 3 is 3.00 bits per heavy atom. The van der Waals surface area contributed by atoms with Gasteiger partial charge in [-0.05, 0) is 36.6 Å². The van der Waals surface area contributed by atoms with Crippen molar-refractivity contribution < 1.29 is 9.53 Å². The number of aryl methyl sites for hydroxylation is 1. The molecule has 0 saturated heterocycles. The van der Waals surface area contributed by atoms with Crippen LogP contribution in [-0.4, -0.2) is 50.6 Å². The summed E-state index contributed by atoms with van der Waals surface area (Å²) in [5.41, 5.74) is 0. The van der Waals surface area contributed by atoms with Crippen molar-refractivity contribution in [3.63, 3.8) is 0 Å². The number of aromatic nitrogens is 4. The van der Waals surface area contributed by atoms with Crippen LogP contribution in [0.5, 0.6) is 0 Å². The highest BCUT2D eigenvalue weighted by Gasteiger charge is 2.29. The molecule has 0 aromatic carbocycles. The highest BCUT2D eigenvalue weighted by Crippen LogP contribution is 2.21. The number of carbonyl (C=O) groups is 1. The molecule has 1 N–H and O–H groups in total. The van der Waals surface area contributed by atoms with Crippen LogP contribution in [-0.2, 0) is 16.6 Å². The second-order valence-corrected chi connectivity index (χ2v) is 5.53. The zero-order valence-electron chi connectivity index (χ0n) is 11.2. The first kappa shape index (κ1) is 14.3. The molecule has 8 heteroatoms. The quantitative estimate of drug-likeness (QED) is 0.546. The third-order valence-corrected chi connectivity index (χ3v) is 3.85. The Balaban J connectivity index is 1.78. The molecule has 1 aliphatic carbocycles. The number of nitrogens with one attached hydrogen (secondary N) is 1. The summed E-state index contributed by atoms with van der Waals surface area (Å²) >= 11 is 1.54. The van der Waals surface area contributed by atoms with Crippen LogP contribution in [0, 0.1) is 0 Å². The van der Waals surface area contributed by atoms with Gasteiger partial charge in [0.1, 0.15) is 6.04 Å².